The van der Waals surface area contributed by atoms with Gasteiger partial charge in [0.25, 0.3) is 0 Å². The lowest BCUT2D eigenvalue weighted by Gasteiger charge is -2.36. The summed E-state index contributed by atoms with van der Waals surface area (Å²) in [4.78, 5) is 0.306. The molecular weight excluding hydrogens is 319 g/mol. The highest BCUT2D eigenvalue weighted by atomic mass is 35.5. The van der Waals surface area contributed by atoms with E-state index in [2.05, 4.69) is 5.32 Å². The number of nitrogens with zero attached hydrogens (tertiary/aromatic N) is 1. The van der Waals surface area contributed by atoms with E-state index < -0.39 is 10.0 Å². The van der Waals surface area contributed by atoms with Crippen molar-refractivity contribution in [3.05, 3.63) is 28.8 Å². The predicted octanol–water partition coefficient (Wildman–Crippen LogP) is 2.44. The van der Waals surface area contributed by atoms with Crippen LogP contribution in [0.4, 0.5) is 0 Å². The molecule has 1 aliphatic heterocycles. The number of hydrogen-bond donors (Lipinski definition) is 1. The summed E-state index contributed by atoms with van der Waals surface area (Å²) in [6, 6.07) is 5.08. The zero-order chi connectivity index (χ0) is 14.2. The summed E-state index contributed by atoms with van der Waals surface area (Å²) in [5.74, 6) is 0. The van der Waals surface area contributed by atoms with Gasteiger partial charge in [0.05, 0.1) is 4.90 Å². The molecule has 2 unspecified atom stereocenters. The van der Waals surface area contributed by atoms with Gasteiger partial charge in [-0.05, 0) is 38.5 Å². The Morgan fingerprint density at radius 3 is 2.65 bits per heavy atom. The lowest BCUT2D eigenvalue weighted by Crippen LogP contribution is -2.56. The lowest BCUT2D eigenvalue weighted by atomic mass is 10.2. The quantitative estimate of drug-likeness (QED) is 0.900. The third-order valence-electron chi connectivity index (χ3n) is 3.44. The van der Waals surface area contributed by atoms with Crippen LogP contribution in [-0.2, 0) is 10.0 Å². The highest BCUT2D eigenvalue weighted by molar-refractivity contribution is 7.89. The molecule has 0 spiro atoms. The first-order valence-corrected chi connectivity index (χ1v) is 8.15. The van der Waals surface area contributed by atoms with E-state index in [1.807, 2.05) is 13.8 Å². The zero-order valence-electron chi connectivity index (χ0n) is 11.8. The number of nitrogens with one attached hydrogen (secondary N) is 1. The molecule has 7 heteroatoms. The highest BCUT2D eigenvalue weighted by Gasteiger charge is 2.34. The van der Waals surface area contributed by atoms with Gasteiger partial charge >= 0.3 is 0 Å². The molecule has 2 rings (SSSR count). The maximum absolute atomic E-state index is 12.8. The van der Waals surface area contributed by atoms with Gasteiger partial charge < -0.3 is 5.32 Å². The number of sulfonamides is 1. The van der Waals surface area contributed by atoms with Gasteiger partial charge in [-0.25, -0.2) is 8.42 Å². The first-order valence-electron chi connectivity index (χ1n) is 6.33. The third-order valence-corrected chi connectivity index (χ3v) is 5.80. The van der Waals surface area contributed by atoms with Crippen molar-refractivity contribution in [1.82, 2.24) is 9.62 Å². The van der Waals surface area contributed by atoms with E-state index >= 15 is 0 Å². The molecule has 20 heavy (non-hydrogen) atoms. The first-order chi connectivity index (χ1) is 8.82. The second-order valence-corrected chi connectivity index (χ2v) is 7.44. The van der Waals surface area contributed by atoms with Crippen LogP contribution in [0, 0.1) is 6.92 Å². The largest absolute Gasteiger partial charge is 0.311 e. The monoisotopic (exact) mass is 338 g/mol. The van der Waals surface area contributed by atoms with E-state index in [0.29, 0.717) is 23.0 Å². The summed E-state index contributed by atoms with van der Waals surface area (Å²) in [7, 11) is -3.49. The number of halogens is 2. The molecule has 0 aliphatic carbocycles. The molecule has 1 aromatic carbocycles. The number of benzene rings is 1. The average Bonchev–Trinajstić information content (AvgIpc) is 2.35. The summed E-state index contributed by atoms with van der Waals surface area (Å²) < 4.78 is 27.1. The van der Waals surface area contributed by atoms with Crippen LogP contribution in [0.5, 0.6) is 0 Å². The third kappa shape index (κ3) is 3.46. The summed E-state index contributed by atoms with van der Waals surface area (Å²) >= 11 is 5.93. The molecule has 0 amide bonds. The smallest absolute Gasteiger partial charge is 0.243 e. The van der Waals surface area contributed by atoms with Crippen molar-refractivity contribution in [2.24, 2.45) is 0 Å². The summed E-state index contributed by atoms with van der Waals surface area (Å²) in [5.41, 5.74) is 0.725. The van der Waals surface area contributed by atoms with Gasteiger partial charge in [0.1, 0.15) is 0 Å². The van der Waals surface area contributed by atoms with Crippen molar-refractivity contribution < 1.29 is 8.42 Å². The summed E-state index contributed by atoms with van der Waals surface area (Å²) in [5, 5.41) is 3.72. The Bertz CT molecular complexity index is 578. The standard InChI is InChI=1S/C13H19ClN2O2S.ClH/c1-9-4-5-12(14)6-13(9)19(17,18)16-8-10(2)15-7-11(16)3;/h4-6,10-11,15H,7-8H2,1-3H3;1H. The van der Waals surface area contributed by atoms with E-state index in [-0.39, 0.29) is 24.5 Å². The van der Waals surface area contributed by atoms with Crippen molar-refractivity contribution in [3.8, 4) is 0 Å². The van der Waals surface area contributed by atoms with E-state index in [1.165, 1.54) is 6.07 Å². The Labute approximate surface area is 132 Å². The average molecular weight is 339 g/mol. The lowest BCUT2D eigenvalue weighted by molar-refractivity contribution is 0.244. The molecule has 1 aromatic rings. The molecule has 1 heterocycles. The Kier molecular flexibility index (Phi) is 5.87. The minimum atomic E-state index is -3.49. The van der Waals surface area contributed by atoms with Crippen LogP contribution in [0.25, 0.3) is 0 Å². The molecule has 0 radical (unpaired) electrons. The van der Waals surface area contributed by atoms with Crippen LogP contribution in [0.3, 0.4) is 0 Å². The van der Waals surface area contributed by atoms with Gasteiger partial charge in [0.2, 0.25) is 10.0 Å². The van der Waals surface area contributed by atoms with Gasteiger partial charge in [-0.3, -0.25) is 0 Å². The molecular formula is C13H20Cl2N2O2S. The normalized spacial score (nSPS) is 24.2. The Morgan fingerprint density at radius 2 is 2.00 bits per heavy atom. The van der Waals surface area contributed by atoms with E-state index in [1.54, 1.807) is 23.4 Å². The van der Waals surface area contributed by atoms with Crippen molar-refractivity contribution in [2.75, 3.05) is 13.1 Å². The van der Waals surface area contributed by atoms with Gasteiger partial charge in [-0.2, -0.15) is 4.31 Å². The molecule has 2 atom stereocenters. The number of rotatable bonds is 2. The molecule has 114 valence electrons. The van der Waals surface area contributed by atoms with Crippen LogP contribution in [0.15, 0.2) is 23.1 Å². The molecule has 1 fully saturated rings. The van der Waals surface area contributed by atoms with Crippen molar-refractivity contribution >= 4 is 34.0 Å². The SMILES string of the molecule is Cc1ccc(Cl)cc1S(=O)(=O)N1CC(C)NCC1C.Cl. The fourth-order valence-electron chi connectivity index (χ4n) is 2.30. The molecule has 1 N–H and O–H groups in total. The molecule has 0 bridgehead atoms. The molecule has 0 aromatic heterocycles. The van der Waals surface area contributed by atoms with E-state index in [4.69, 9.17) is 11.6 Å². The van der Waals surface area contributed by atoms with Gasteiger partial charge in [-0.1, -0.05) is 17.7 Å². The molecule has 4 nitrogen and oxygen atoms in total. The Balaban J connectivity index is 0.00000200. The highest BCUT2D eigenvalue weighted by Crippen LogP contribution is 2.26. The van der Waals surface area contributed by atoms with Crippen LogP contribution >= 0.6 is 24.0 Å². The van der Waals surface area contributed by atoms with Crippen LogP contribution in [-0.4, -0.2) is 37.9 Å². The zero-order valence-corrected chi connectivity index (χ0v) is 14.1. The summed E-state index contributed by atoms with van der Waals surface area (Å²) in [6.45, 7) is 6.84. The van der Waals surface area contributed by atoms with Gasteiger partial charge in [0, 0.05) is 30.2 Å². The van der Waals surface area contributed by atoms with Crippen LogP contribution in [0.2, 0.25) is 5.02 Å². The minimum Gasteiger partial charge on any atom is -0.311 e. The molecule has 1 saturated heterocycles. The van der Waals surface area contributed by atoms with Gasteiger partial charge in [0.15, 0.2) is 0 Å². The number of hydrogen-bond acceptors (Lipinski definition) is 3. The van der Waals surface area contributed by atoms with Crippen molar-refractivity contribution in [2.45, 2.75) is 37.8 Å². The molecule has 1 aliphatic rings. The Morgan fingerprint density at radius 1 is 1.35 bits per heavy atom. The minimum absolute atomic E-state index is 0. The van der Waals surface area contributed by atoms with Crippen molar-refractivity contribution in [1.29, 1.82) is 0 Å². The second kappa shape index (κ2) is 6.62. The fourth-order valence-corrected chi connectivity index (χ4v) is 4.51. The second-order valence-electron chi connectivity index (χ2n) is 5.14. The van der Waals surface area contributed by atoms with Gasteiger partial charge in [-0.15, -0.1) is 12.4 Å². The van der Waals surface area contributed by atoms with Crippen LogP contribution in [0.1, 0.15) is 19.4 Å². The van der Waals surface area contributed by atoms with Crippen molar-refractivity contribution in [3.63, 3.8) is 0 Å². The Hall–Kier alpha value is -0.330. The maximum Gasteiger partial charge on any atom is 0.243 e. The van der Waals surface area contributed by atoms with E-state index in [0.717, 1.165) is 5.56 Å². The first kappa shape index (κ1) is 17.7. The maximum atomic E-state index is 12.8. The predicted molar refractivity (Wildman–Crippen MR) is 84.3 cm³/mol. The van der Waals surface area contributed by atoms with E-state index in [9.17, 15) is 8.42 Å². The fraction of sp³-hybridized carbons (Fsp3) is 0.538. The topological polar surface area (TPSA) is 49.4 Å². The number of aryl methyl sites for hydroxylation is 1. The molecule has 0 saturated carbocycles. The van der Waals surface area contributed by atoms with Crippen LogP contribution < -0.4 is 5.32 Å². The number of piperazine rings is 1. The summed E-state index contributed by atoms with van der Waals surface area (Å²) in [6.07, 6.45) is 0.